The fourth-order valence-corrected chi connectivity index (χ4v) is 3.98. The molecule has 0 N–H and O–H groups in total. The Bertz CT molecular complexity index is 1150. The van der Waals surface area contributed by atoms with Gasteiger partial charge in [-0.2, -0.15) is 0 Å². The molecule has 0 bridgehead atoms. The Morgan fingerprint density at radius 3 is 2.46 bits per heavy atom. The van der Waals surface area contributed by atoms with Gasteiger partial charge < -0.3 is 0 Å². The van der Waals surface area contributed by atoms with Crippen LogP contribution in [0.1, 0.15) is 31.8 Å². The Labute approximate surface area is 161 Å². The average Bonchev–Trinajstić information content (AvgIpc) is 3.22. The van der Waals surface area contributed by atoms with Crippen LogP contribution in [0.2, 0.25) is 0 Å². The SMILES string of the molecule is Cc1cccc2cc3c(nc12)N(C(=O)CN1C(=O)c2ccccc2C1=O)CC3. The van der Waals surface area contributed by atoms with E-state index in [1.165, 1.54) is 0 Å². The van der Waals surface area contributed by atoms with E-state index in [0.29, 0.717) is 29.9 Å². The van der Waals surface area contributed by atoms with Crippen molar-refractivity contribution in [3.05, 3.63) is 70.8 Å². The number of anilines is 1. The molecule has 1 aromatic heterocycles. The molecule has 0 spiro atoms. The predicted octanol–water partition coefficient (Wildman–Crippen LogP) is 2.73. The van der Waals surface area contributed by atoms with Gasteiger partial charge in [0.05, 0.1) is 16.6 Å². The maximum atomic E-state index is 13.0. The van der Waals surface area contributed by atoms with Gasteiger partial charge in [0.15, 0.2) is 0 Å². The summed E-state index contributed by atoms with van der Waals surface area (Å²) < 4.78 is 0. The number of carbonyl (C=O) groups excluding carboxylic acids is 3. The topological polar surface area (TPSA) is 70.6 Å². The van der Waals surface area contributed by atoms with Gasteiger partial charge >= 0.3 is 0 Å². The number of carbonyl (C=O) groups is 3. The fourth-order valence-electron chi connectivity index (χ4n) is 3.98. The summed E-state index contributed by atoms with van der Waals surface area (Å²) in [6.45, 7) is 2.21. The lowest BCUT2D eigenvalue weighted by atomic mass is 10.1. The van der Waals surface area contributed by atoms with Crippen molar-refractivity contribution in [3.8, 4) is 0 Å². The number of aryl methyl sites for hydroxylation is 1. The number of fused-ring (bicyclic) bond motifs is 3. The Hall–Kier alpha value is -3.54. The van der Waals surface area contributed by atoms with Gasteiger partial charge in [-0.1, -0.05) is 30.3 Å². The third-order valence-electron chi connectivity index (χ3n) is 5.44. The molecule has 0 fully saturated rings. The summed E-state index contributed by atoms with van der Waals surface area (Å²) in [5.74, 6) is -0.511. The van der Waals surface area contributed by atoms with E-state index in [2.05, 4.69) is 6.07 Å². The first-order chi connectivity index (χ1) is 13.5. The highest BCUT2D eigenvalue weighted by atomic mass is 16.2. The minimum Gasteiger partial charge on any atom is -0.295 e. The number of hydrogen-bond acceptors (Lipinski definition) is 4. The van der Waals surface area contributed by atoms with Crippen molar-refractivity contribution in [2.24, 2.45) is 0 Å². The number of nitrogens with zero attached hydrogens (tertiary/aromatic N) is 3. The first-order valence-electron chi connectivity index (χ1n) is 9.19. The molecule has 0 atom stereocenters. The van der Waals surface area contributed by atoms with Gasteiger partial charge in [0.25, 0.3) is 11.8 Å². The van der Waals surface area contributed by atoms with Gasteiger partial charge in [-0.05, 0) is 42.7 Å². The van der Waals surface area contributed by atoms with Crippen LogP contribution in [0, 0.1) is 6.92 Å². The first kappa shape index (κ1) is 16.6. The molecular formula is C22H17N3O3. The average molecular weight is 371 g/mol. The molecule has 3 amide bonds. The molecule has 0 aliphatic carbocycles. The molecule has 0 saturated heterocycles. The van der Waals surface area contributed by atoms with E-state index in [9.17, 15) is 14.4 Å². The zero-order valence-corrected chi connectivity index (χ0v) is 15.3. The summed E-state index contributed by atoms with van der Waals surface area (Å²) in [6, 6.07) is 14.7. The molecule has 2 aliphatic heterocycles. The Morgan fingerprint density at radius 1 is 1.04 bits per heavy atom. The van der Waals surface area contributed by atoms with Crippen LogP contribution >= 0.6 is 0 Å². The van der Waals surface area contributed by atoms with E-state index in [1.54, 1.807) is 29.2 Å². The number of aromatic nitrogens is 1. The highest BCUT2D eigenvalue weighted by molar-refractivity contribution is 6.22. The van der Waals surface area contributed by atoms with E-state index in [4.69, 9.17) is 4.98 Å². The van der Waals surface area contributed by atoms with Crippen molar-refractivity contribution in [3.63, 3.8) is 0 Å². The van der Waals surface area contributed by atoms with Crippen LogP contribution in [0.4, 0.5) is 5.82 Å². The summed E-state index contributed by atoms with van der Waals surface area (Å²) in [6.07, 6.45) is 0.708. The number of imide groups is 1. The second-order valence-electron chi connectivity index (χ2n) is 7.16. The van der Waals surface area contributed by atoms with Crippen molar-refractivity contribution in [1.29, 1.82) is 0 Å². The van der Waals surface area contributed by atoms with E-state index in [0.717, 1.165) is 26.9 Å². The molecule has 138 valence electrons. The van der Waals surface area contributed by atoms with Crippen molar-refractivity contribution in [2.75, 3.05) is 18.0 Å². The zero-order chi connectivity index (χ0) is 19.4. The van der Waals surface area contributed by atoms with E-state index < -0.39 is 11.8 Å². The summed E-state index contributed by atoms with van der Waals surface area (Å²) in [5.41, 5.74) is 3.61. The summed E-state index contributed by atoms with van der Waals surface area (Å²) in [5, 5.41) is 1.05. The van der Waals surface area contributed by atoms with Crippen LogP contribution in [-0.2, 0) is 11.2 Å². The monoisotopic (exact) mass is 371 g/mol. The molecule has 3 heterocycles. The molecule has 6 nitrogen and oxygen atoms in total. The van der Waals surface area contributed by atoms with Crippen molar-refractivity contribution < 1.29 is 14.4 Å². The van der Waals surface area contributed by atoms with Crippen LogP contribution in [0.3, 0.4) is 0 Å². The Kier molecular flexibility index (Phi) is 3.55. The van der Waals surface area contributed by atoms with Crippen LogP contribution in [0.25, 0.3) is 10.9 Å². The maximum Gasteiger partial charge on any atom is 0.262 e. The quantitative estimate of drug-likeness (QED) is 0.650. The van der Waals surface area contributed by atoms with Crippen LogP contribution in [0.5, 0.6) is 0 Å². The third-order valence-corrected chi connectivity index (χ3v) is 5.44. The molecule has 28 heavy (non-hydrogen) atoms. The Balaban J connectivity index is 1.45. The molecule has 0 radical (unpaired) electrons. The minimum atomic E-state index is -0.421. The fraction of sp³-hybridized carbons (Fsp3) is 0.182. The number of benzene rings is 2. The third kappa shape index (κ3) is 2.34. The van der Waals surface area contributed by atoms with Gasteiger partial charge in [0.2, 0.25) is 5.91 Å². The molecule has 3 aromatic rings. The zero-order valence-electron chi connectivity index (χ0n) is 15.3. The van der Waals surface area contributed by atoms with Crippen molar-refractivity contribution in [2.45, 2.75) is 13.3 Å². The number of para-hydroxylation sites is 1. The summed E-state index contributed by atoms with van der Waals surface area (Å²) in [7, 11) is 0. The summed E-state index contributed by atoms with van der Waals surface area (Å²) in [4.78, 5) is 45.4. The van der Waals surface area contributed by atoms with Crippen LogP contribution < -0.4 is 4.90 Å². The first-order valence-corrected chi connectivity index (χ1v) is 9.19. The van der Waals surface area contributed by atoms with Crippen molar-refractivity contribution in [1.82, 2.24) is 9.88 Å². The second kappa shape index (κ2) is 5.99. The highest BCUT2D eigenvalue weighted by Crippen LogP contribution is 2.31. The van der Waals surface area contributed by atoms with Gasteiger partial charge in [-0.15, -0.1) is 0 Å². The molecule has 0 unspecified atom stereocenters. The lowest BCUT2D eigenvalue weighted by Gasteiger charge is -2.20. The molecule has 5 rings (SSSR count). The molecule has 2 aliphatic rings. The maximum absolute atomic E-state index is 13.0. The van der Waals surface area contributed by atoms with E-state index >= 15 is 0 Å². The normalized spacial score (nSPS) is 15.3. The lowest BCUT2D eigenvalue weighted by Crippen LogP contribution is -2.42. The highest BCUT2D eigenvalue weighted by Gasteiger charge is 2.38. The predicted molar refractivity (Wildman–Crippen MR) is 104 cm³/mol. The van der Waals surface area contributed by atoms with Gasteiger partial charge in [0.1, 0.15) is 12.4 Å². The summed E-state index contributed by atoms with van der Waals surface area (Å²) >= 11 is 0. The molecule has 2 aromatic carbocycles. The minimum absolute atomic E-state index is 0.278. The molecule has 0 saturated carbocycles. The number of pyridine rings is 1. The van der Waals surface area contributed by atoms with Gasteiger partial charge in [0, 0.05) is 11.9 Å². The van der Waals surface area contributed by atoms with E-state index in [-0.39, 0.29) is 12.5 Å². The largest absolute Gasteiger partial charge is 0.295 e. The second-order valence-corrected chi connectivity index (χ2v) is 7.16. The van der Waals surface area contributed by atoms with Crippen molar-refractivity contribution >= 4 is 34.4 Å². The Morgan fingerprint density at radius 2 is 1.75 bits per heavy atom. The number of rotatable bonds is 2. The molecular weight excluding hydrogens is 354 g/mol. The number of hydrogen-bond donors (Lipinski definition) is 0. The van der Waals surface area contributed by atoms with E-state index in [1.807, 2.05) is 25.1 Å². The van der Waals surface area contributed by atoms with Crippen LogP contribution in [-0.4, -0.2) is 40.7 Å². The van der Waals surface area contributed by atoms with Crippen LogP contribution in [0.15, 0.2) is 48.5 Å². The smallest absolute Gasteiger partial charge is 0.262 e. The lowest BCUT2D eigenvalue weighted by molar-refractivity contribution is -0.118. The van der Waals surface area contributed by atoms with Gasteiger partial charge in [-0.3, -0.25) is 24.2 Å². The number of amides is 3. The van der Waals surface area contributed by atoms with Gasteiger partial charge in [-0.25, -0.2) is 4.98 Å². The molecule has 6 heteroatoms. The standard InChI is InChI=1S/C22H17N3O3/c1-13-5-4-6-14-11-15-9-10-24(20(15)23-19(13)14)18(26)12-25-21(27)16-7-2-3-8-17(16)22(25)28/h2-8,11H,9-10,12H2,1H3.